The van der Waals surface area contributed by atoms with Crippen LogP contribution in [0.4, 0.5) is 0 Å². The summed E-state index contributed by atoms with van der Waals surface area (Å²) in [5.74, 6) is 0.111. The summed E-state index contributed by atoms with van der Waals surface area (Å²) in [5.41, 5.74) is 0.622. The van der Waals surface area contributed by atoms with Gasteiger partial charge in [-0.25, -0.2) is 0 Å². The number of benzene rings is 1. The van der Waals surface area contributed by atoms with Crippen molar-refractivity contribution in [2.75, 3.05) is 19.6 Å². The van der Waals surface area contributed by atoms with Crippen molar-refractivity contribution in [3.05, 3.63) is 33.3 Å². The van der Waals surface area contributed by atoms with Gasteiger partial charge in [-0.2, -0.15) is 0 Å². The molecule has 1 aromatic rings. The molecule has 0 bridgehead atoms. The lowest BCUT2D eigenvalue weighted by Crippen LogP contribution is -2.26. The minimum atomic E-state index is 0.111. The van der Waals surface area contributed by atoms with E-state index in [1.165, 1.54) is 12.8 Å². The van der Waals surface area contributed by atoms with Gasteiger partial charge in [-0.3, -0.25) is 9.69 Å². The Morgan fingerprint density at radius 2 is 2.06 bits per heavy atom. The molecule has 0 saturated carbocycles. The van der Waals surface area contributed by atoms with E-state index < -0.39 is 0 Å². The lowest BCUT2D eigenvalue weighted by Gasteiger charge is -2.13. The zero-order chi connectivity index (χ0) is 11.5. The third-order valence-electron chi connectivity index (χ3n) is 2.80. The highest BCUT2D eigenvalue weighted by Crippen LogP contribution is 2.22. The van der Waals surface area contributed by atoms with Crippen molar-refractivity contribution in [1.29, 1.82) is 0 Å². The Morgan fingerprint density at radius 1 is 1.38 bits per heavy atom. The number of rotatable bonds is 3. The monoisotopic (exact) mass is 301 g/mol. The van der Waals surface area contributed by atoms with Gasteiger partial charge >= 0.3 is 0 Å². The minimum Gasteiger partial charge on any atom is -0.296 e. The van der Waals surface area contributed by atoms with Crippen LogP contribution in [0.15, 0.2) is 22.7 Å². The summed E-state index contributed by atoms with van der Waals surface area (Å²) in [6.45, 7) is 2.54. The first-order chi connectivity index (χ1) is 7.66. The van der Waals surface area contributed by atoms with E-state index >= 15 is 0 Å². The maximum atomic E-state index is 12.0. The number of Topliss-reactive ketones (excluding diaryl/α,β-unsaturated/α-hetero) is 1. The summed E-state index contributed by atoms with van der Waals surface area (Å²) < 4.78 is 0.898. The Balaban J connectivity index is 2.08. The first-order valence-electron chi connectivity index (χ1n) is 5.37. The number of hydrogen-bond donors (Lipinski definition) is 0. The topological polar surface area (TPSA) is 20.3 Å². The van der Waals surface area contributed by atoms with E-state index in [2.05, 4.69) is 20.8 Å². The van der Waals surface area contributed by atoms with Crippen LogP contribution in [0, 0.1) is 0 Å². The summed E-state index contributed by atoms with van der Waals surface area (Å²) >= 11 is 9.37. The number of halogens is 2. The summed E-state index contributed by atoms with van der Waals surface area (Å²) in [6.07, 6.45) is 2.39. The molecule has 1 aliphatic rings. The molecule has 1 saturated heterocycles. The molecule has 0 aliphatic carbocycles. The smallest absolute Gasteiger partial charge is 0.178 e. The summed E-state index contributed by atoms with van der Waals surface area (Å²) in [7, 11) is 0. The van der Waals surface area contributed by atoms with Crippen molar-refractivity contribution in [3.63, 3.8) is 0 Å². The molecule has 2 rings (SSSR count). The molecule has 86 valence electrons. The molecule has 0 amide bonds. The fourth-order valence-electron chi connectivity index (χ4n) is 1.94. The van der Waals surface area contributed by atoms with Crippen molar-refractivity contribution in [1.82, 2.24) is 4.90 Å². The van der Waals surface area contributed by atoms with E-state index in [4.69, 9.17) is 11.6 Å². The van der Waals surface area contributed by atoms with Crippen molar-refractivity contribution < 1.29 is 4.79 Å². The van der Waals surface area contributed by atoms with E-state index in [9.17, 15) is 4.79 Å². The first kappa shape index (κ1) is 12.1. The molecule has 1 aromatic carbocycles. The van der Waals surface area contributed by atoms with Crippen LogP contribution in [-0.2, 0) is 0 Å². The lowest BCUT2D eigenvalue weighted by atomic mass is 10.1. The highest BCUT2D eigenvalue weighted by molar-refractivity contribution is 9.10. The molecule has 0 N–H and O–H groups in total. The average Bonchev–Trinajstić information content (AvgIpc) is 2.70. The van der Waals surface area contributed by atoms with Crippen LogP contribution in [0.1, 0.15) is 23.2 Å². The Labute approximate surface area is 109 Å². The van der Waals surface area contributed by atoms with Gasteiger partial charge in [-0.05, 0) is 44.1 Å². The number of hydrogen-bond acceptors (Lipinski definition) is 2. The predicted molar refractivity (Wildman–Crippen MR) is 69.2 cm³/mol. The maximum Gasteiger partial charge on any atom is 0.178 e. The molecule has 0 spiro atoms. The molecular formula is C12H13BrClNO. The number of carbonyl (C=O) groups excluding carboxylic acids is 1. The molecule has 0 unspecified atom stereocenters. The number of carbonyl (C=O) groups is 1. The quantitative estimate of drug-likeness (QED) is 0.798. The zero-order valence-electron chi connectivity index (χ0n) is 8.88. The average molecular weight is 303 g/mol. The Hall–Kier alpha value is -0.380. The van der Waals surface area contributed by atoms with Crippen LogP contribution in [0.5, 0.6) is 0 Å². The second-order valence-electron chi connectivity index (χ2n) is 4.03. The molecule has 4 heteroatoms. The first-order valence-corrected chi connectivity index (χ1v) is 6.54. The van der Waals surface area contributed by atoms with Gasteiger partial charge in [-0.15, -0.1) is 0 Å². The van der Waals surface area contributed by atoms with Gasteiger partial charge in [0.1, 0.15) is 0 Å². The summed E-state index contributed by atoms with van der Waals surface area (Å²) in [5, 5.41) is 0.526. The second-order valence-corrected chi connectivity index (χ2v) is 5.35. The van der Waals surface area contributed by atoms with Crippen LogP contribution in [-0.4, -0.2) is 30.3 Å². The maximum absolute atomic E-state index is 12.0. The molecular weight excluding hydrogens is 289 g/mol. The molecule has 1 aliphatic heterocycles. The molecule has 0 aromatic heterocycles. The van der Waals surface area contributed by atoms with Gasteiger partial charge in [0.15, 0.2) is 5.78 Å². The Morgan fingerprint density at radius 3 is 2.69 bits per heavy atom. The third-order valence-corrected chi connectivity index (χ3v) is 3.60. The van der Waals surface area contributed by atoms with Crippen LogP contribution < -0.4 is 0 Å². The van der Waals surface area contributed by atoms with E-state index in [-0.39, 0.29) is 5.78 Å². The van der Waals surface area contributed by atoms with Crippen LogP contribution >= 0.6 is 27.5 Å². The fraction of sp³-hybridized carbons (Fsp3) is 0.417. The predicted octanol–water partition coefficient (Wildman–Crippen LogP) is 3.38. The highest BCUT2D eigenvalue weighted by atomic mass is 79.9. The molecule has 0 radical (unpaired) electrons. The summed E-state index contributed by atoms with van der Waals surface area (Å²) in [6, 6.07) is 5.40. The Kier molecular flexibility index (Phi) is 4.00. The van der Waals surface area contributed by atoms with E-state index in [0.717, 1.165) is 17.6 Å². The van der Waals surface area contributed by atoms with Gasteiger partial charge in [0.25, 0.3) is 0 Å². The Bertz CT molecular complexity index is 402. The van der Waals surface area contributed by atoms with Gasteiger partial charge in [0.2, 0.25) is 0 Å². The van der Waals surface area contributed by atoms with Crippen LogP contribution in [0.3, 0.4) is 0 Å². The zero-order valence-corrected chi connectivity index (χ0v) is 11.2. The third kappa shape index (κ3) is 2.84. The molecule has 2 nitrogen and oxygen atoms in total. The van der Waals surface area contributed by atoms with Crippen LogP contribution in [0.2, 0.25) is 5.02 Å². The number of likely N-dealkylation sites (tertiary alicyclic amines) is 1. The molecule has 16 heavy (non-hydrogen) atoms. The molecule has 1 heterocycles. The fourth-order valence-corrected chi connectivity index (χ4v) is 2.72. The highest BCUT2D eigenvalue weighted by Gasteiger charge is 2.17. The number of ketones is 1. The van der Waals surface area contributed by atoms with Crippen molar-refractivity contribution >= 4 is 33.3 Å². The van der Waals surface area contributed by atoms with Gasteiger partial charge in [0.05, 0.1) is 11.6 Å². The molecule has 1 fully saturated rings. The second kappa shape index (κ2) is 5.30. The van der Waals surface area contributed by atoms with Gasteiger partial charge < -0.3 is 0 Å². The summed E-state index contributed by atoms with van der Waals surface area (Å²) in [4.78, 5) is 14.2. The van der Waals surface area contributed by atoms with E-state index in [1.807, 2.05) is 6.07 Å². The molecule has 0 atom stereocenters. The van der Waals surface area contributed by atoms with Crippen molar-refractivity contribution in [2.24, 2.45) is 0 Å². The lowest BCUT2D eigenvalue weighted by molar-refractivity contribution is 0.0945. The van der Waals surface area contributed by atoms with Gasteiger partial charge in [-0.1, -0.05) is 27.5 Å². The standard InChI is InChI=1S/C12H13BrClNO/c13-9-3-4-10(11(14)7-9)12(16)8-15-5-1-2-6-15/h3-4,7H,1-2,5-6,8H2. The van der Waals surface area contributed by atoms with Gasteiger partial charge in [0, 0.05) is 10.0 Å². The largest absolute Gasteiger partial charge is 0.296 e. The van der Waals surface area contributed by atoms with Crippen molar-refractivity contribution in [2.45, 2.75) is 12.8 Å². The SMILES string of the molecule is O=C(CN1CCCC1)c1ccc(Br)cc1Cl. The van der Waals surface area contributed by atoms with E-state index in [0.29, 0.717) is 17.1 Å². The van der Waals surface area contributed by atoms with Crippen LogP contribution in [0.25, 0.3) is 0 Å². The minimum absolute atomic E-state index is 0.111. The van der Waals surface area contributed by atoms with Crippen molar-refractivity contribution in [3.8, 4) is 0 Å². The number of nitrogens with zero attached hydrogens (tertiary/aromatic N) is 1. The van der Waals surface area contributed by atoms with E-state index in [1.54, 1.807) is 12.1 Å². The normalized spacial score (nSPS) is 16.6.